The van der Waals surface area contributed by atoms with E-state index < -0.39 is 17.6 Å². The van der Waals surface area contributed by atoms with Gasteiger partial charge < -0.3 is 9.73 Å². The third kappa shape index (κ3) is 3.66. The molecule has 1 N–H and O–H groups in total. The maximum atomic E-state index is 12.9. The van der Waals surface area contributed by atoms with E-state index >= 15 is 0 Å². The maximum Gasteiger partial charge on any atom is 0.418 e. The van der Waals surface area contributed by atoms with E-state index in [1.807, 2.05) is 0 Å². The van der Waals surface area contributed by atoms with Crippen LogP contribution in [0.25, 0.3) is 17.0 Å². The lowest BCUT2D eigenvalue weighted by atomic mass is 10.1. The van der Waals surface area contributed by atoms with Crippen LogP contribution in [-0.4, -0.2) is 5.91 Å². The van der Waals surface area contributed by atoms with E-state index in [2.05, 4.69) is 5.32 Å². The predicted octanol–water partition coefficient (Wildman–Crippen LogP) is 4.46. The van der Waals surface area contributed by atoms with Crippen LogP contribution < -0.4 is 10.7 Å². The molecule has 0 unspecified atom stereocenters. The number of para-hydroxylation sites is 2. The highest BCUT2D eigenvalue weighted by Gasteiger charge is 2.33. The Morgan fingerprint density at radius 3 is 2.50 bits per heavy atom. The number of nitrogens with one attached hydrogen (secondary N) is 1. The molecule has 1 heterocycles. The molecule has 0 saturated carbocycles. The number of carbonyl (C=O) groups excluding carboxylic acids is 1. The van der Waals surface area contributed by atoms with Gasteiger partial charge in [0, 0.05) is 6.08 Å². The van der Waals surface area contributed by atoms with E-state index in [1.165, 1.54) is 24.5 Å². The van der Waals surface area contributed by atoms with Crippen molar-refractivity contribution < 1.29 is 22.4 Å². The van der Waals surface area contributed by atoms with Crippen LogP contribution in [0.15, 0.2) is 70.1 Å². The first-order valence-corrected chi connectivity index (χ1v) is 7.52. The SMILES string of the molecule is O=C(/C=C/c1coc2ccccc2c1=O)Nc1ccccc1C(F)(F)F. The van der Waals surface area contributed by atoms with Crippen LogP contribution in [0.2, 0.25) is 0 Å². The third-order valence-electron chi connectivity index (χ3n) is 3.61. The van der Waals surface area contributed by atoms with Gasteiger partial charge in [0.25, 0.3) is 0 Å². The molecule has 132 valence electrons. The lowest BCUT2D eigenvalue weighted by Gasteiger charge is -2.12. The minimum absolute atomic E-state index is 0.114. The Hall–Kier alpha value is -3.35. The highest BCUT2D eigenvalue weighted by Crippen LogP contribution is 2.34. The third-order valence-corrected chi connectivity index (χ3v) is 3.61. The van der Waals surface area contributed by atoms with Crippen molar-refractivity contribution in [2.45, 2.75) is 6.18 Å². The molecule has 0 bridgehead atoms. The molecule has 2 aromatic carbocycles. The van der Waals surface area contributed by atoms with Gasteiger partial charge >= 0.3 is 6.18 Å². The minimum Gasteiger partial charge on any atom is -0.463 e. The van der Waals surface area contributed by atoms with E-state index in [-0.39, 0.29) is 16.7 Å². The molecule has 3 aromatic rings. The molecular weight excluding hydrogens is 347 g/mol. The first-order valence-electron chi connectivity index (χ1n) is 7.52. The van der Waals surface area contributed by atoms with Gasteiger partial charge in [-0.15, -0.1) is 0 Å². The number of hydrogen-bond donors (Lipinski definition) is 1. The van der Waals surface area contributed by atoms with E-state index in [4.69, 9.17) is 4.42 Å². The molecule has 0 spiro atoms. The largest absolute Gasteiger partial charge is 0.463 e. The maximum absolute atomic E-state index is 12.9. The number of halogens is 3. The molecule has 7 heteroatoms. The lowest BCUT2D eigenvalue weighted by molar-refractivity contribution is -0.136. The molecule has 0 aliphatic rings. The molecule has 1 aromatic heterocycles. The summed E-state index contributed by atoms with van der Waals surface area (Å²) in [6.45, 7) is 0. The van der Waals surface area contributed by atoms with Crippen molar-refractivity contribution in [2.75, 3.05) is 5.32 Å². The molecule has 0 aliphatic heterocycles. The second kappa shape index (κ2) is 6.87. The monoisotopic (exact) mass is 359 g/mol. The average molecular weight is 359 g/mol. The Morgan fingerprint density at radius 2 is 1.73 bits per heavy atom. The van der Waals surface area contributed by atoms with E-state index in [9.17, 15) is 22.8 Å². The minimum atomic E-state index is -4.59. The van der Waals surface area contributed by atoms with Crippen LogP contribution in [0.4, 0.5) is 18.9 Å². The topological polar surface area (TPSA) is 59.3 Å². The summed E-state index contributed by atoms with van der Waals surface area (Å²) >= 11 is 0. The van der Waals surface area contributed by atoms with Crippen molar-refractivity contribution in [3.8, 4) is 0 Å². The van der Waals surface area contributed by atoms with Crippen molar-refractivity contribution in [1.29, 1.82) is 0 Å². The average Bonchev–Trinajstić information content (AvgIpc) is 2.61. The zero-order chi connectivity index (χ0) is 18.7. The molecule has 4 nitrogen and oxygen atoms in total. The predicted molar refractivity (Wildman–Crippen MR) is 91.6 cm³/mol. The number of carbonyl (C=O) groups is 1. The Labute approximate surface area is 145 Å². The number of amides is 1. The molecule has 0 saturated heterocycles. The van der Waals surface area contributed by atoms with Crippen molar-refractivity contribution >= 4 is 28.6 Å². The van der Waals surface area contributed by atoms with Gasteiger partial charge in [0.1, 0.15) is 11.8 Å². The zero-order valence-corrected chi connectivity index (χ0v) is 13.2. The van der Waals surface area contributed by atoms with Gasteiger partial charge in [0.15, 0.2) is 5.43 Å². The number of benzene rings is 2. The van der Waals surface area contributed by atoms with E-state index in [1.54, 1.807) is 24.3 Å². The molecule has 0 atom stereocenters. The van der Waals surface area contributed by atoms with Gasteiger partial charge in [0.2, 0.25) is 5.91 Å². The van der Waals surface area contributed by atoms with Crippen LogP contribution in [0.3, 0.4) is 0 Å². The summed E-state index contributed by atoms with van der Waals surface area (Å²) in [7, 11) is 0. The fourth-order valence-electron chi connectivity index (χ4n) is 2.39. The van der Waals surface area contributed by atoms with Gasteiger partial charge in [-0.1, -0.05) is 24.3 Å². The second-order valence-electron chi connectivity index (χ2n) is 5.38. The lowest BCUT2D eigenvalue weighted by Crippen LogP contribution is -2.14. The summed E-state index contributed by atoms with van der Waals surface area (Å²) in [5, 5.41) is 2.51. The highest BCUT2D eigenvalue weighted by molar-refractivity contribution is 6.02. The molecule has 26 heavy (non-hydrogen) atoms. The molecular formula is C19H12F3NO3. The fourth-order valence-corrected chi connectivity index (χ4v) is 2.39. The molecule has 0 fully saturated rings. The second-order valence-corrected chi connectivity index (χ2v) is 5.38. The van der Waals surface area contributed by atoms with Crippen molar-refractivity contribution in [2.24, 2.45) is 0 Å². The fraction of sp³-hybridized carbons (Fsp3) is 0.0526. The van der Waals surface area contributed by atoms with Gasteiger partial charge in [-0.3, -0.25) is 9.59 Å². The smallest absolute Gasteiger partial charge is 0.418 e. The van der Waals surface area contributed by atoms with Gasteiger partial charge in [-0.2, -0.15) is 13.2 Å². The number of rotatable bonds is 3. The highest BCUT2D eigenvalue weighted by atomic mass is 19.4. The molecule has 0 aliphatic carbocycles. The first-order chi connectivity index (χ1) is 12.4. The Balaban J connectivity index is 1.84. The molecule has 3 rings (SSSR count). The van der Waals surface area contributed by atoms with Crippen LogP contribution in [0.1, 0.15) is 11.1 Å². The summed E-state index contributed by atoms with van der Waals surface area (Å²) in [5.74, 6) is -0.797. The van der Waals surface area contributed by atoms with E-state index in [0.29, 0.717) is 11.0 Å². The summed E-state index contributed by atoms with van der Waals surface area (Å²) in [4.78, 5) is 24.2. The van der Waals surface area contributed by atoms with Gasteiger partial charge in [0.05, 0.1) is 22.2 Å². The Kier molecular flexibility index (Phi) is 4.62. The Bertz CT molecular complexity index is 1050. The summed E-state index contributed by atoms with van der Waals surface area (Å²) < 4.78 is 44.1. The number of fused-ring (bicyclic) bond motifs is 1. The number of alkyl halides is 3. The van der Waals surface area contributed by atoms with Gasteiger partial charge in [-0.05, 0) is 30.3 Å². The molecule has 0 radical (unpaired) electrons. The van der Waals surface area contributed by atoms with E-state index in [0.717, 1.165) is 18.2 Å². The standard InChI is InChI=1S/C19H12F3NO3/c20-19(21,22)14-6-2-3-7-15(14)23-17(24)10-9-12-11-26-16-8-4-1-5-13(16)18(12)25/h1-11H,(H,23,24)/b10-9+. The van der Waals surface area contributed by atoms with Crippen LogP contribution in [-0.2, 0) is 11.0 Å². The summed E-state index contributed by atoms with van der Waals surface area (Å²) in [6.07, 6.45) is -1.22. The van der Waals surface area contributed by atoms with Crippen LogP contribution in [0.5, 0.6) is 0 Å². The Morgan fingerprint density at radius 1 is 1.04 bits per heavy atom. The zero-order valence-electron chi connectivity index (χ0n) is 13.2. The normalized spacial score (nSPS) is 11.8. The summed E-state index contributed by atoms with van der Waals surface area (Å²) in [6, 6.07) is 11.2. The summed E-state index contributed by atoms with van der Waals surface area (Å²) in [5.41, 5.74) is -1.14. The van der Waals surface area contributed by atoms with Crippen molar-refractivity contribution in [3.63, 3.8) is 0 Å². The first kappa shape index (κ1) is 17.5. The van der Waals surface area contributed by atoms with Crippen molar-refractivity contribution in [1.82, 2.24) is 0 Å². The van der Waals surface area contributed by atoms with Gasteiger partial charge in [-0.25, -0.2) is 0 Å². The van der Waals surface area contributed by atoms with Crippen LogP contribution in [0, 0.1) is 0 Å². The van der Waals surface area contributed by atoms with Crippen molar-refractivity contribution in [3.05, 3.63) is 82.2 Å². The number of hydrogen-bond acceptors (Lipinski definition) is 3. The van der Waals surface area contributed by atoms with Crippen LogP contribution >= 0.6 is 0 Å². The quantitative estimate of drug-likeness (QED) is 0.702. The number of anilines is 1. The molecule has 1 amide bonds.